The predicted octanol–water partition coefficient (Wildman–Crippen LogP) is 1.77. The van der Waals surface area contributed by atoms with Gasteiger partial charge in [-0.2, -0.15) is 0 Å². The average Bonchev–Trinajstić information content (AvgIpc) is 3.31. The molecule has 25 heavy (non-hydrogen) atoms. The van der Waals surface area contributed by atoms with Gasteiger partial charge in [-0.3, -0.25) is 4.79 Å². The van der Waals surface area contributed by atoms with Crippen molar-refractivity contribution in [3.8, 4) is 0 Å². The van der Waals surface area contributed by atoms with E-state index in [1.807, 2.05) is 33.9 Å². The summed E-state index contributed by atoms with van der Waals surface area (Å²) in [6.45, 7) is 2.02. The summed E-state index contributed by atoms with van der Waals surface area (Å²) in [7, 11) is 0. The highest BCUT2D eigenvalue weighted by molar-refractivity contribution is 5.97. The maximum atomic E-state index is 12.9. The summed E-state index contributed by atoms with van der Waals surface area (Å²) >= 11 is 0. The fourth-order valence-electron chi connectivity index (χ4n) is 3.55. The number of benzene rings is 1. The molecule has 1 amide bonds. The Bertz CT molecular complexity index is 871. The topological polar surface area (TPSA) is 87.0 Å². The van der Waals surface area contributed by atoms with Crippen molar-refractivity contribution < 1.29 is 9.90 Å². The molecular weight excluding hydrogens is 318 g/mol. The summed E-state index contributed by atoms with van der Waals surface area (Å²) in [6.07, 6.45) is 7.30. The quantitative estimate of drug-likeness (QED) is 0.758. The van der Waals surface area contributed by atoms with Crippen LogP contribution in [0.3, 0.4) is 0 Å². The van der Waals surface area contributed by atoms with E-state index in [4.69, 9.17) is 5.11 Å². The van der Waals surface area contributed by atoms with Gasteiger partial charge in [-0.05, 0) is 31.0 Å². The van der Waals surface area contributed by atoms with Gasteiger partial charge in [0.25, 0.3) is 5.91 Å². The van der Waals surface area contributed by atoms with E-state index in [-0.39, 0.29) is 18.4 Å². The molecular formula is C18H21N5O2. The van der Waals surface area contributed by atoms with Crippen molar-refractivity contribution in [2.75, 3.05) is 19.7 Å². The lowest BCUT2D eigenvalue weighted by Gasteiger charge is -2.32. The molecule has 130 valence electrons. The SMILES string of the molecule is O=C(c1ccc2c(c1)ncn2CCO)N1CCC[C@@H](c2ncc[nH]2)C1. The lowest BCUT2D eigenvalue weighted by molar-refractivity contribution is 0.0705. The first kappa shape index (κ1) is 15.8. The Kier molecular flexibility index (Phi) is 4.23. The van der Waals surface area contributed by atoms with E-state index in [1.54, 1.807) is 12.5 Å². The Balaban J connectivity index is 1.54. The monoisotopic (exact) mass is 339 g/mol. The van der Waals surface area contributed by atoms with Crippen LogP contribution in [0.25, 0.3) is 11.0 Å². The van der Waals surface area contributed by atoms with Gasteiger partial charge < -0.3 is 19.6 Å². The second-order valence-electron chi connectivity index (χ2n) is 6.43. The van der Waals surface area contributed by atoms with Crippen LogP contribution in [0.1, 0.15) is 34.9 Å². The lowest BCUT2D eigenvalue weighted by atomic mass is 9.96. The van der Waals surface area contributed by atoms with Gasteiger partial charge in [-0.1, -0.05) is 0 Å². The van der Waals surface area contributed by atoms with Gasteiger partial charge in [0, 0.05) is 43.5 Å². The third-order valence-electron chi connectivity index (χ3n) is 4.82. The first-order valence-electron chi connectivity index (χ1n) is 8.60. The molecule has 4 rings (SSSR count). The number of H-pyrrole nitrogens is 1. The number of aromatic amines is 1. The minimum absolute atomic E-state index is 0.0369. The Morgan fingerprint density at radius 2 is 2.28 bits per heavy atom. The first-order chi connectivity index (χ1) is 12.3. The molecule has 2 aromatic heterocycles. The van der Waals surface area contributed by atoms with E-state index in [0.717, 1.165) is 36.2 Å². The van der Waals surface area contributed by atoms with E-state index in [2.05, 4.69) is 15.0 Å². The molecule has 1 aliphatic rings. The van der Waals surface area contributed by atoms with Gasteiger partial charge in [0.15, 0.2) is 0 Å². The Morgan fingerprint density at radius 3 is 3.08 bits per heavy atom. The number of imidazole rings is 2. The molecule has 1 saturated heterocycles. The molecule has 0 radical (unpaired) electrons. The fourth-order valence-corrected chi connectivity index (χ4v) is 3.55. The third-order valence-corrected chi connectivity index (χ3v) is 4.82. The zero-order valence-corrected chi connectivity index (χ0v) is 13.9. The summed E-state index contributed by atoms with van der Waals surface area (Å²) in [4.78, 5) is 26.7. The maximum absolute atomic E-state index is 12.9. The lowest BCUT2D eigenvalue weighted by Crippen LogP contribution is -2.39. The summed E-state index contributed by atoms with van der Waals surface area (Å²) in [5, 5.41) is 9.10. The second-order valence-corrected chi connectivity index (χ2v) is 6.43. The number of rotatable bonds is 4. The van der Waals surface area contributed by atoms with Crippen molar-refractivity contribution in [2.24, 2.45) is 0 Å². The number of carbonyl (C=O) groups excluding carboxylic acids is 1. The molecule has 7 heteroatoms. The smallest absolute Gasteiger partial charge is 0.253 e. The van der Waals surface area contributed by atoms with Crippen molar-refractivity contribution in [3.05, 3.63) is 48.3 Å². The molecule has 1 atom stereocenters. The first-order valence-corrected chi connectivity index (χ1v) is 8.60. The molecule has 0 saturated carbocycles. The van der Waals surface area contributed by atoms with Crippen LogP contribution in [0.2, 0.25) is 0 Å². The molecule has 1 fully saturated rings. The maximum Gasteiger partial charge on any atom is 0.253 e. The number of hydrogen-bond donors (Lipinski definition) is 2. The normalized spacial score (nSPS) is 18.0. The van der Waals surface area contributed by atoms with Gasteiger partial charge in [0.1, 0.15) is 5.82 Å². The molecule has 2 N–H and O–H groups in total. The van der Waals surface area contributed by atoms with Crippen LogP contribution in [-0.2, 0) is 6.54 Å². The number of nitrogens with one attached hydrogen (secondary N) is 1. The summed E-state index contributed by atoms with van der Waals surface area (Å²) in [5.41, 5.74) is 2.36. The highest BCUT2D eigenvalue weighted by Crippen LogP contribution is 2.26. The van der Waals surface area contributed by atoms with Crippen LogP contribution in [0.15, 0.2) is 36.9 Å². The molecule has 1 aliphatic heterocycles. The molecule has 3 heterocycles. The number of hydrogen-bond acceptors (Lipinski definition) is 4. The largest absolute Gasteiger partial charge is 0.395 e. The number of carbonyl (C=O) groups is 1. The van der Waals surface area contributed by atoms with Crippen molar-refractivity contribution in [3.63, 3.8) is 0 Å². The Hall–Kier alpha value is -2.67. The number of fused-ring (bicyclic) bond motifs is 1. The van der Waals surface area contributed by atoms with Gasteiger partial charge in [-0.25, -0.2) is 9.97 Å². The predicted molar refractivity (Wildman–Crippen MR) is 93.3 cm³/mol. The summed E-state index contributed by atoms with van der Waals surface area (Å²) < 4.78 is 1.89. The Labute approximate surface area is 145 Å². The molecule has 0 spiro atoms. The van der Waals surface area contributed by atoms with E-state index in [0.29, 0.717) is 18.7 Å². The molecule has 3 aromatic rings. The van der Waals surface area contributed by atoms with Crippen LogP contribution in [0, 0.1) is 0 Å². The van der Waals surface area contributed by atoms with Crippen LogP contribution < -0.4 is 0 Å². The van der Waals surface area contributed by atoms with Crippen molar-refractivity contribution in [1.82, 2.24) is 24.4 Å². The van der Waals surface area contributed by atoms with Crippen molar-refractivity contribution in [2.45, 2.75) is 25.3 Å². The summed E-state index contributed by atoms with van der Waals surface area (Å²) in [6, 6.07) is 5.58. The number of aliphatic hydroxyl groups is 1. The highest BCUT2D eigenvalue weighted by Gasteiger charge is 2.27. The zero-order valence-electron chi connectivity index (χ0n) is 13.9. The van der Waals surface area contributed by atoms with Crippen molar-refractivity contribution >= 4 is 16.9 Å². The minimum Gasteiger partial charge on any atom is -0.395 e. The summed E-state index contributed by atoms with van der Waals surface area (Å²) in [5.74, 6) is 1.26. The third kappa shape index (κ3) is 3.02. The zero-order chi connectivity index (χ0) is 17.2. The highest BCUT2D eigenvalue weighted by atomic mass is 16.3. The van der Waals surface area contributed by atoms with Gasteiger partial charge in [-0.15, -0.1) is 0 Å². The van der Waals surface area contributed by atoms with Crippen LogP contribution >= 0.6 is 0 Å². The van der Waals surface area contributed by atoms with Crippen LogP contribution in [0.5, 0.6) is 0 Å². The number of aromatic nitrogens is 4. The fraction of sp³-hybridized carbons (Fsp3) is 0.389. The number of amides is 1. The average molecular weight is 339 g/mol. The molecule has 7 nitrogen and oxygen atoms in total. The van der Waals surface area contributed by atoms with Crippen LogP contribution in [0.4, 0.5) is 0 Å². The van der Waals surface area contributed by atoms with E-state index < -0.39 is 0 Å². The molecule has 0 bridgehead atoms. The van der Waals surface area contributed by atoms with E-state index in [9.17, 15) is 4.79 Å². The van der Waals surface area contributed by atoms with Gasteiger partial charge in [0.05, 0.1) is 24.0 Å². The van der Waals surface area contributed by atoms with Crippen molar-refractivity contribution in [1.29, 1.82) is 0 Å². The second kappa shape index (κ2) is 6.68. The number of likely N-dealkylation sites (tertiary alicyclic amines) is 1. The Morgan fingerprint density at radius 1 is 1.36 bits per heavy atom. The number of aliphatic hydroxyl groups excluding tert-OH is 1. The van der Waals surface area contributed by atoms with Gasteiger partial charge >= 0.3 is 0 Å². The number of nitrogens with zero attached hydrogens (tertiary/aromatic N) is 4. The minimum atomic E-state index is 0.0369. The van der Waals surface area contributed by atoms with E-state index >= 15 is 0 Å². The number of piperidine rings is 1. The molecule has 0 unspecified atom stereocenters. The molecule has 1 aromatic carbocycles. The standard InChI is InChI=1S/C18H21N5O2/c24-9-8-23-12-21-15-10-13(3-4-16(15)23)18(25)22-7-1-2-14(11-22)17-19-5-6-20-17/h3-6,10,12,14,24H,1-2,7-9,11H2,(H,19,20)/t14-/m1/s1. The van der Waals surface area contributed by atoms with E-state index in [1.165, 1.54) is 0 Å². The van der Waals surface area contributed by atoms with Crippen LogP contribution in [-0.4, -0.2) is 55.1 Å². The molecule has 0 aliphatic carbocycles. The van der Waals surface area contributed by atoms with Gasteiger partial charge in [0.2, 0.25) is 0 Å².